The van der Waals surface area contributed by atoms with Gasteiger partial charge in [0, 0.05) is 22.9 Å². The summed E-state index contributed by atoms with van der Waals surface area (Å²) in [5.74, 6) is -0.821. The number of hydrogen-bond donors (Lipinski definition) is 2. The van der Waals surface area contributed by atoms with Gasteiger partial charge in [-0.3, -0.25) is 9.59 Å². The number of carbonyl (C=O) groups excluding carboxylic acids is 2. The lowest BCUT2D eigenvalue weighted by molar-refractivity contribution is -0.121. The van der Waals surface area contributed by atoms with E-state index in [2.05, 4.69) is 10.6 Å². The number of rotatable bonds is 6. The van der Waals surface area contributed by atoms with Gasteiger partial charge in [-0.05, 0) is 42.8 Å². The van der Waals surface area contributed by atoms with Crippen LogP contribution >= 0.6 is 23.4 Å². The fourth-order valence-electron chi connectivity index (χ4n) is 2.62. The SMILES string of the molecule is C[C@@H]1Sc2ccc(S(=O)(=O)CCC(=O)NCc3ccc(Cl)cc3)cc2NC1=O. The summed E-state index contributed by atoms with van der Waals surface area (Å²) in [6.45, 7) is 2.09. The number of halogens is 1. The van der Waals surface area contributed by atoms with Gasteiger partial charge in [0.15, 0.2) is 9.84 Å². The van der Waals surface area contributed by atoms with Gasteiger partial charge < -0.3 is 10.6 Å². The first-order valence-corrected chi connectivity index (χ1v) is 11.5. The van der Waals surface area contributed by atoms with Gasteiger partial charge in [-0.15, -0.1) is 11.8 Å². The summed E-state index contributed by atoms with van der Waals surface area (Å²) in [7, 11) is -3.65. The van der Waals surface area contributed by atoms with Gasteiger partial charge in [0.05, 0.1) is 21.6 Å². The Morgan fingerprint density at radius 3 is 2.64 bits per heavy atom. The molecule has 0 spiro atoms. The predicted octanol–water partition coefficient (Wildman–Crippen LogP) is 3.25. The van der Waals surface area contributed by atoms with E-state index in [0.29, 0.717) is 17.3 Å². The maximum atomic E-state index is 12.6. The van der Waals surface area contributed by atoms with Crippen LogP contribution in [0.2, 0.25) is 5.02 Å². The number of amides is 2. The summed E-state index contributed by atoms with van der Waals surface area (Å²) in [5, 5.41) is 5.80. The number of benzene rings is 2. The Hall–Kier alpha value is -2.03. The van der Waals surface area contributed by atoms with E-state index in [4.69, 9.17) is 11.6 Å². The number of carbonyl (C=O) groups is 2. The van der Waals surface area contributed by atoms with E-state index < -0.39 is 9.84 Å². The molecule has 1 aliphatic rings. The summed E-state index contributed by atoms with van der Waals surface area (Å²) < 4.78 is 25.1. The molecular formula is C19H19ClN2O4S2. The highest BCUT2D eigenvalue weighted by molar-refractivity contribution is 8.01. The molecule has 148 valence electrons. The number of nitrogens with one attached hydrogen (secondary N) is 2. The second kappa shape index (κ2) is 8.55. The minimum absolute atomic E-state index is 0.0900. The summed E-state index contributed by atoms with van der Waals surface area (Å²) in [6, 6.07) is 11.7. The fraction of sp³-hybridized carbons (Fsp3) is 0.263. The van der Waals surface area contributed by atoms with Crippen LogP contribution in [-0.2, 0) is 26.0 Å². The van der Waals surface area contributed by atoms with E-state index in [9.17, 15) is 18.0 Å². The molecule has 2 amide bonds. The van der Waals surface area contributed by atoms with Crippen molar-refractivity contribution in [2.24, 2.45) is 0 Å². The standard InChI is InChI=1S/C19H19ClN2O4S2/c1-12-19(24)22-16-10-15(6-7-17(16)27-12)28(25,26)9-8-18(23)21-11-13-2-4-14(20)5-3-13/h2-7,10,12H,8-9,11H2,1H3,(H,21,23)(H,22,24)/t12-/m0/s1. The Bertz CT molecular complexity index is 1010. The van der Waals surface area contributed by atoms with Crippen molar-refractivity contribution in [3.63, 3.8) is 0 Å². The summed E-state index contributed by atoms with van der Waals surface area (Å²) in [5.41, 5.74) is 1.36. The van der Waals surface area contributed by atoms with E-state index in [1.165, 1.54) is 23.9 Å². The number of fused-ring (bicyclic) bond motifs is 1. The van der Waals surface area contributed by atoms with E-state index in [1.807, 2.05) is 0 Å². The van der Waals surface area contributed by atoms with Crippen molar-refractivity contribution in [2.75, 3.05) is 11.1 Å². The lowest BCUT2D eigenvalue weighted by Gasteiger charge is -2.21. The third-order valence-corrected chi connectivity index (χ3v) is 7.39. The number of hydrogen-bond acceptors (Lipinski definition) is 5. The monoisotopic (exact) mass is 438 g/mol. The first kappa shape index (κ1) is 20.7. The second-order valence-corrected chi connectivity index (χ2v) is 10.3. The zero-order valence-electron chi connectivity index (χ0n) is 15.1. The molecule has 3 rings (SSSR count). The van der Waals surface area contributed by atoms with Crippen molar-refractivity contribution in [3.8, 4) is 0 Å². The van der Waals surface area contributed by atoms with Crippen LogP contribution in [0.5, 0.6) is 0 Å². The van der Waals surface area contributed by atoms with Crippen molar-refractivity contribution in [2.45, 2.75) is 34.9 Å². The van der Waals surface area contributed by atoms with Crippen LogP contribution in [0, 0.1) is 0 Å². The van der Waals surface area contributed by atoms with Crippen molar-refractivity contribution in [3.05, 3.63) is 53.1 Å². The zero-order chi connectivity index (χ0) is 20.3. The predicted molar refractivity (Wildman–Crippen MR) is 110 cm³/mol. The van der Waals surface area contributed by atoms with Crippen molar-refractivity contribution >= 4 is 50.7 Å². The molecule has 2 aromatic carbocycles. The first-order valence-electron chi connectivity index (χ1n) is 8.60. The van der Waals surface area contributed by atoms with Crippen molar-refractivity contribution in [1.82, 2.24) is 5.32 Å². The molecule has 0 fully saturated rings. The number of thioether (sulfide) groups is 1. The van der Waals surface area contributed by atoms with E-state index in [1.54, 1.807) is 37.3 Å². The lowest BCUT2D eigenvalue weighted by atomic mass is 10.2. The molecular weight excluding hydrogens is 420 g/mol. The molecule has 0 aromatic heterocycles. The molecule has 0 radical (unpaired) electrons. The van der Waals surface area contributed by atoms with Gasteiger partial charge in [-0.1, -0.05) is 23.7 Å². The molecule has 6 nitrogen and oxygen atoms in total. The molecule has 0 aliphatic carbocycles. The molecule has 1 heterocycles. The molecule has 0 saturated carbocycles. The van der Waals surface area contributed by atoms with Crippen LogP contribution in [0.4, 0.5) is 5.69 Å². The van der Waals surface area contributed by atoms with E-state index >= 15 is 0 Å². The van der Waals surface area contributed by atoms with Crippen LogP contribution in [0.1, 0.15) is 18.9 Å². The Morgan fingerprint density at radius 2 is 1.93 bits per heavy atom. The Morgan fingerprint density at radius 1 is 1.21 bits per heavy atom. The third kappa shape index (κ3) is 5.06. The van der Waals surface area contributed by atoms with Gasteiger partial charge in [-0.2, -0.15) is 0 Å². The Kier molecular flexibility index (Phi) is 6.32. The third-order valence-electron chi connectivity index (χ3n) is 4.24. The summed E-state index contributed by atoms with van der Waals surface area (Å²) in [6.07, 6.45) is -0.148. The second-order valence-electron chi connectivity index (χ2n) is 6.38. The quantitative estimate of drug-likeness (QED) is 0.722. The fourth-order valence-corrected chi connectivity index (χ4v) is 4.94. The smallest absolute Gasteiger partial charge is 0.237 e. The first-order chi connectivity index (χ1) is 13.2. The van der Waals surface area contributed by atoms with Crippen LogP contribution in [0.15, 0.2) is 52.3 Å². The zero-order valence-corrected chi connectivity index (χ0v) is 17.5. The Labute approximate surface area is 173 Å². The largest absolute Gasteiger partial charge is 0.352 e. The molecule has 28 heavy (non-hydrogen) atoms. The molecule has 9 heteroatoms. The summed E-state index contributed by atoms with van der Waals surface area (Å²) >= 11 is 7.20. The highest BCUT2D eigenvalue weighted by atomic mass is 35.5. The minimum atomic E-state index is -3.65. The van der Waals surface area contributed by atoms with Gasteiger partial charge in [0.25, 0.3) is 0 Å². The van der Waals surface area contributed by atoms with Gasteiger partial charge in [-0.25, -0.2) is 8.42 Å². The highest BCUT2D eigenvalue weighted by Crippen LogP contribution is 2.36. The molecule has 0 unspecified atom stereocenters. The Balaban J connectivity index is 1.59. The molecule has 1 aliphatic heterocycles. The molecule has 0 saturated heterocycles. The van der Waals surface area contributed by atoms with Crippen LogP contribution < -0.4 is 10.6 Å². The normalized spacial score (nSPS) is 16.2. The number of sulfone groups is 1. The van der Waals surface area contributed by atoms with Crippen LogP contribution in [0.3, 0.4) is 0 Å². The molecule has 2 aromatic rings. The van der Waals surface area contributed by atoms with E-state index in [-0.39, 0.29) is 34.1 Å². The van der Waals surface area contributed by atoms with Gasteiger partial charge in [0.1, 0.15) is 0 Å². The van der Waals surface area contributed by atoms with Crippen LogP contribution in [-0.4, -0.2) is 31.2 Å². The minimum Gasteiger partial charge on any atom is -0.352 e. The van der Waals surface area contributed by atoms with Gasteiger partial charge >= 0.3 is 0 Å². The van der Waals surface area contributed by atoms with Crippen molar-refractivity contribution < 1.29 is 18.0 Å². The molecule has 1 atom stereocenters. The molecule has 2 N–H and O–H groups in total. The highest BCUT2D eigenvalue weighted by Gasteiger charge is 2.25. The molecule has 0 bridgehead atoms. The van der Waals surface area contributed by atoms with Crippen LogP contribution in [0.25, 0.3) is 0 Å². The lowest BCUT2D eigenvalue weighted by Crippen LogP contribution is -2.27. The number of anilines is 1. The topological polar surface area (TPSA) is 92.3 Å². The van der Waals surface area contributed by atoms with Gasteiger partial charge in [0.2, 0.25) is 11.8 Å². The maximum absolute atomic E-state index is 12.6. The average Bonchev–Trinajstić information content (AvgIpc) is 2.66. The van der Waals surface area contributed by atoms with E-state index in [0.717, 1.165) is 10.5 Å². The summed E-state index contributed by atoms with van der Waals surface area (Å²) in [4.78, 5) is 24.7. The average molecular weight is 439 g/mol. The van der Waals surface area contributed by atoms with Crippen molar-refractivity contribution in [1.29, 1.82) is 0 Å². The maximum Gasteiger partial charge on any atom is 0.237 e.